The molecule has 0 bridgehead atoms. The Morgan fingerprint density at radius 2 is 1.03 bits per heavy atom. The third-order valence-corrected chi connectivity index (χ3v) is 5.94. The average molecular weight is 381 g/mol. The molecule has 0 unspecified atom stereocenters. The number of fused-ring (bicyclic) bond motifs is 3. The molecular formula is C29H19N. The largest absolute Gasteiger partial charge is 0.247 e. The fourth-order valence-electron chi connectivity index (χ4n) is 4.32. The second-order valence-electron chi connectivity index (χ2n) is 7.79. The van der Waals surface area contributed by atoms with Gasteiger partial charge >= 0.3 is 0 Å². The van der Waals surface area contributed by atoms with E-state index in [0.29, 0.717) is 0 Å². The van der Waals surface area contributed by atoms with Crippen LogP contribution in [-0.2, 0) is 0 Å². The molecule has 0 radical (unpaired) electrons. The summed E-state index contributed by atoms with van der Waals surface area (Å²) in [6.07, 6.45) is 0. The van der Waals surface area contributed by atoms with Crippen LogP contribution in [0.5, 0.6) is 0 Å². The van der Waals surface area contributed by atoms with Crippen LogP contribution in [0.4, 0.5) is 5.69 Å². The highest BCUT2D eigenvalue weighted by molar-refractivity contribution is 6.35. The highest BCUT2D eigenvalue weighted by Crippen LogP contribution is 2.36. The number of hydrogen-bond acceptors (Lipinski definition) is 1. The monoisotopic (exact) mass is 381 g/mol. The maximum absolute atomic E-state index is 4.82. The second kappa shape index (κ2) is 6.53. The number of allylic oxidation sites excluding steroid dienone is 1. The third-order valence-electron chi connectivity index (χ3n) is 5.94. The first kappa shape index (κ1) is 16.9. The summed E-state index contributed by atoms with van der Waals surface area (Å²) in [5.41, 5.74) is 7.68. The molecule has 140 valence electrons. The fraction of sp³-hybridized carbons (Fsp3) is 0. The Hall–Kier alpha value is -3.97. The van der Waals surface area contributed by atoms with E-state index < -0.39 is 0 Å². The number of rotatable bonds is 2. The van der Waals surface area contributed by atoms with Crippen molar-refractivity contribution in [2.45, 2.75) is 0 Å². The molecule has 0 atom stereocenters. The molecule has 30 heavy (non-hydrogen) atoms. The molecule has 1 heteroatoms. The number of hydrogen-bond donors (Lipinski definition) is 0. The van der Waals surface area contributed by atoms with E-state index in [0.717, 1.165) is 28.1 Å². The van der Waals surface area contributed by atoms with Crippen molar-refractivity contribution < 1.29 is 0 Å². The maximum atomic E-state index is 4.82. The Kier molecular flexibility index (Phi) is 3.69. The Morgan fingerprint density at radius 1 is 0.500 bits per heavy atom. The van der Waals surface area contributed by atoms with Crippen molar-refractivity contribution in [1.29, 1.82) is 0 Å². The number of aliphatic imine (C=N–C) groups is 1. The van der Waals surface area contributed by atoms with Gasteiger partial charge in [0, 0.05) is 16.7 Å². The summed E-state index contributed by atoms with van der Waals surface area (Å²) >= 11 is 0. The van der Waals surface area contributed by atoms with E-state index in [1.807, 2.05) is 18.2 Å². The van der Waals surface area contributed by atoms with Gasteiger partial charge in [-0.2, -0.15) is 0 Å². The van der Waals surface area contributed by atoms with Crippen molar-refractivity contribution in [3.05, 3.63) is 121 Å². The Labute approximate surface area is 175 Å². The lowest BCUT2D eigenvalue weighted by molar-refractivity contribution is 1.54. The van der Waals surface area contributed by atoms with Crippen LogP contribution in [0.15, 0.2) is 115 Å². The normalized spacial score (nSPS) is 12.9. The molecule has 0 amide bonds. The first-order valence-electron chi connectivity index (χ1n) is 10.2. The van der Waals surface area contributed by atoms with E-state index in [2.05, 4.69) is 91.5 Å². The van der Waals surface area contributed by atoms with Crippen LogP contribution in [0, 0.1) is 0 Å². The van der Waals surface area contributed by atoms with Crippen LogP contribution in [0.3, 0.4) is 0 Å². The lowest BCUT2D eigenvalue weighted by atomic mass is 9.95. The quantitative estimate of drug-likeness (QED) is 0.296. The Balaban J connectivity index is 1.40. The zero-order valence-corrected chi connectivity index (χ0v) is 16.5. The van der Waals surface area contributed by atoms with Crippen LogP contribution in [0.1, 0.15) is 11.1 Å². The molecule has 0 fully saturated rings. The molecule has 1 nitrogen and oxygen atoms in total. The highest BCUT2D eigenvalue weighted by Gasteiger charge is 2.20. The zero-order chi connectivity index (χ0) is 20.1. The predicted molar refractivity (Wildman–Crippen MR) is 129 cm³/mol. The van der Waals surface area contributed by atoms with Gasteiger partial charge in [-0.15, -0.1) is 0 Å². The molecule has 5 aromatic carbocycles. The summed E-state index contributed by atoms with van der Waals surface area (Å²) in [7, 11) is 0. The highest BCUT2D eigenvalue weighted by atomic mass is 14.8. The van der Waals surface area contributed by atoms with Gasteiger partial charge < -0.3 is 0 Å². The third kappa shape index (κ3) is 2.67. The van der Waals surface area contributed by atoms with Gasteiger partial charge in [0.05, 0.1) is 11.4 Å². The van der Waals surface area contributed by atoms with Gasteiger partial charge in [-0.1, -0.05) is 85.4 Å². The first-order chi connectivity index (χ1) is 14.8. The topological polar surface area (TPSA) is 12.4 Å². The van der Waals surface area contributed by atoms with Crippen LogP contribution >= 0.6 is 0 Å². The van der Waals surface area contributed by atoms with E-state index in [1.165, 1.54) is 32.7 Å². The van der Waals surface area contributed by atoms with Gasteiger partial charge in [0.25, 0.3) is 0 Å². The molecule has 0 N–H and O–H groups in total. The number of para-hydroxylation sites is 1. The van der Waals surface area contributed by atoms with Gasteiger partial charge in [-0.05, 0) is 56.9 Å². The molecule has 6 rings (SSSR count). The van der Waals surface area contributed by atoms with E-state index in [4.69, 9.17) is 4.99 Å². The van der Waals surface area contributed by atoms with Crippen molar-refractivity contribution >= 4 is 38.5 Å². The number of benzene rings is 5. The molecule has 1 aliphatic rings. The van der Waals surface area contributed by atoms with Gasteiger partial charge in [-0.3, -0.25) is 0 Å². The van der Waals surface area contributed by atoms with E-state index >= 15 is 0 Å². The molecule has 1 aliphatic heterocycles. The second-order valence-corrected chi connectivity index (χ2v) is 7.79. The summed E-state index contributed by atoms with van der Waals surface area (Å²) in [5, 5.41) is 4.97. The molecule has 0 aliphatic carbocycles. The standard InChI is InChI=1S/C29H19N/c1-19-27-8-4-5-9-28(27)30-29(19)26-15-14-24-17-23(12-13-25(24)18-26)22-11-10-20-6-2-3-7-21(20)16-22/h2-18H,1H2. The lowest BCUT2D eigenvalue weighted by Gasteiger charge is -2.08. The average Bonchev–Trinajstić information content (AvgIpc) is 3.15. The molecule has 0 spiro atoms. The summed E-state index contributed by atoms with van der Waals surface area (Å²) in [4.78, 5) is 4.82. The van der Waals surface area contributed by atoms with Crippen LogP contribution in [0.25, 0.3) is 38.2 Å². The zero-order valence-electron chi connectivity index (χ0n) is 16.5. The summed E-state index contributed by atoms with van der Waals surface area (Å²) in [6.45, 7) is 4.28. The van der Waals surface area contributed by atoms with Crippen molar-refractivity contribution in [3.8, 4) is 11.1 Å². The first-order valence-corrected chi connectivity index (χ1v) is 10.2. The molecular weight excluding hydrogens is 362 g/mol. The van der Waals surface area contributed by atoms with Gasteiger partial charge in [0.15, 0.2) is 0 Å². The minimum atomic E-state index is 0.969. The van der Waals surface area contributed by atoms with E-state index in [1.54, 1.807) is 0 Å². The Morgan fingerprint density at radius 3 is 1.77 bits per heavy atom. The van der Waals surface area contributed by atoms with E-state index in [9.17, 15) is 0 Å². The van der Waals surface area contributed by atoms with Gasteiger partial charge in [0.1, 0.15) is 0 Å². The smallest absolute Gasteiger partial charge is 0.0782 e. The summed E-state index contributed by atoms with van der Waals surface area (Å²) in [6, 6.07) is 36.6. The lowest BCUT2D eigenvalue weighted by Crippen LogP contribution is -1.98. The van der Waals surface area contributed by atoms with Crippen molar-refractivity contribution in [2.75, 3.05) is 0 Å². The van der Waals surface area contributed by atoms with Crippen molar-refractivity contribution in [1.82, 2.24) is 0 Å². The van der Waals surface area contributed by atoms with Crippen molar-refractivity contribution in [3.63, 3.8) is 0 Å². The minimum absolute atomic E-state index is 0.969. The summed E-state index contributed by atoms with van der Waals surface area (Å²) < 4.78 is 0. The van der Waals surface area contributed by atoms with Crippen molar-refractivity contribution in [2.24, 2.45) is 4.99 Å². The Bertz CT molecular complexity index is 1500. The number of nitrogens with zero attached hydrogens (tertiary/aromatic N) is 1. The predicted octanol–water partition coefficient (Wildman–Crippen LogP) is 7.81. The maximum Gasteiger partial charge on any atom is 0.0782 e. The molecule has 0 saturated carbocycles. The SMILES string of the molecule is C=C1C(c2ccc3cc(-c4ccc5ccccc5c4)ccc3c2)=Nc2ccccc21. The van der Waals surface area contributed by atoms with Gasteiger partial charge in [0.2, 0.25) is 0 Å². The molecule has 0 saturated heterocycles. The van der Waals surface area contributed by atoms with Gasteiger partial charge in [-0.25, -0.2) is 4.99 Å². The fourth-order valence-corrected chi connectivity index (χ4v) is 4.32. The summed E-state index contributed by atoms with van der Waals surface area (Å²) in [5.74, 6) is 0. The minimum Gasteiger partial charge on any atom is -0.247 e. The van der Waals surface area contributed by atoms with Crippen LogP contribution < -0.4 is 0 Å². The van der Waals surface area contributed by atoms with Crippen LogP contribution in [0.2, 0.25) is 0 Å². The molecule has 1 heterocycles. The van der Waals surface area contributed by atoms with E-state index in [-0.39, 0.29) is 0 Å². The molecule has 0 aromatic heterocycles. The van der Waals surface area contributed by atoms with Crippen LogP contribution in [-0.4, -0.2) is 5.71 Å². The molecule has 5 aromatic rings.